The number of methoxy groups -OCH3 is 1. The number of ether oxygens (including phenoxy) is 1. The molecule has 212 valence electrons. The molecule has 5 atom stereocenters. The topological polar surface area (TPSA) is 91.8 Å². The highest BCUT2D eigenvalue weighted by Crippen LogP contribution is 2.59. The molecule has 3 saturated heterocycles. The van der Waals surface area contributed by atoms with E-state index in [1.807, 2.05) is 49.4 Å². The number of urea groups is 1. The lowest BCUT2D eigenvalue weighted by Gasteiger charge is -2.61. The van der Waals surface area contributed by atoms with Crippen LogP contribution in [0.5, 0.6) is 0 Å². The maximum atomic E-state index is 14.2. The first-order valence-electron chi connectivity index (χ1n) is 13.7. The zero-order chi connectivity index (χ0) is 28.9. The number of esters is 1. The van der Waals surface area contributed by atoms with Crippen molar-refractivity contribution in [1.82, 2.24) is 15.2 Å². The lowest BCUT2D eigenvalue weighted by atomic mass is 9.59. The second kappa shape index (κ2) is 10.4. The molecular weight excluding hydrogens is 547 g/mol. The molecule has 0 bridgehead atoms. The smallest absolute Gasteiger partial charge is 0.328 e. The number of anilines is 1. The van der Waals surface area contributed by atoms with Gasteiger partial charge in [0.2, 0.25) is 5.91 Å². The first kappa shape index (κ1) is 27.2. The first-order chi connectivity index (χ1) is 19.8. The zero-order valence-corrected chi connectivity index (χ0v) is 23.5. The quantitative estimate of drug-likeness (QED) is 0.326. The van der Waals surface area contributed by atoms with Crippen molar-refractivity contribution >= 4 is 35.2 Å². The average Bonchev–Trinajstić information content (AvgIpc) is 3.00. The second-order valence-corrected chi connectivity index (χ2v) is 11.3. The third-order valence-corrected chi connectivity index (χ3v) is 9.23. The van der Waals surface area contributed by atoms with Gasteiger partial charge in [-0.1, -0.05) is 54.9 Å². The summed E-state index contributed by atoms with van der Waals surface area (Å²) in [5.74, 6) is -1.44. The van der Waals surface area contributed by atoms with Gasteiger partial charge < -0.3 is 19.9 Å². The molecule has 3 fully saturated rings. The number of amides is 3. The minimum atomic E-state index is -0.866. The van der Waals surface area contributed by atoms with E-state index < -0.39 is 29.3 Å². The van der Waals surface area contributed by atoms with Crippen molar-refractivity contribution < 1.29 is 23.5 Å². The summed E-state index contributed by atoms with van der Waals surface area (Å²) in [6.45, 7) is 2.32. The highest BCUT2D eigenvalue weighted by molar-refractivity contribution is 6.31. The third-order valence-electron chi connectivity index (χ3n) is 8.94. The van der Waals surface area contributed by atoms with E-state index in [-0.39, 0.29) is 28.9 Å². The number of hydrogen-bond donors (Lipinski definition) is 1. The van der Waals surface area contributed by atoms with E-state index >= 15 is 0 Å². The molecule has 8 nitrogen and oxygen atoms in total. The maximum absolute atomic E-state index is 14.2. The monoisotopic (exact) mass is 576 g/mol. The van der Waals surface area contributed by atoms with E-state index in [4.69, 9.17) is 21.3 Å². The standard InChI is InChI=1S/C31H30ClFN4O4/c1-3-21-25-16-31(13-14-36(25)30(40)35-26(21)28(38)41-2)27(37(29(31)39)20-10-11-23(33)22(32)15-20)24-12-9-19(17-34-24)18-7-5-4-6-8-18/h4-12,15,17,21,25-27H,3,13-14,16H2,1-2H3,(H,35,40)/t21?,25?,26-,27?,31?/m0/s1. The molecule has 3 aliphatic rings. The van der Waals surface area contributed by atoms with Crippen molar-refractivity contribution in [3.05, 3.63) is 83.4 Å². The lowest BCUT2D eigenvalue weighted by molar-refractivity contribution is -0.152. The van der Waals surface area contributed by atoms with E-state index in [2.05, 4.69) is 5.32 Å². The van der Waals surface area contributed by atoms with E-state index in [1.165, 1.54) is 19.2 Å². The fraction of sp³-hybridized carbons (Fsp3) is 0.355. The van der Waals surface area contributed by atoms with Crippen LogP contribution in [0.3, 0.4) is 0 Å². The molecule has 1 aromatic heterocycles. The van der Waals surface area contributed by atoms with Gasteiger partial charge >= 0.3 is 12.0 Å². The summed E-state index contributed by atoms with van der Waals surface area (Å²) in [6, 6.07) is 16.1. The van der Waals surface area contributed by atoms with Crippen molar-refractivity contribution in [3.8, 4) is 11.1 Å². The number of hydrogen-bond acceptors (Lipinski definition) is 5. The Labute approximate surface area is 242 Å². The van der Waals surface area contributed by atoms with Crippen molar-refractivity contribution in [1.29, 1.82) is 0 Å². The summed E-state index contributed by atoms with van der Waals surface area (Å²) in [6.07, 6.45) is 3.19. The molecule has 1 spiro atoms. The van der Waals surface area contributed by atoms with Crippen LogP contribution in [-0.4, -0.2) is 53.5 Å². The van der Waals surface area contributed by atoms with Gasteiger partial charge in [0.15, 0.2) is 0 Å². The summed E-state index contributed by atoms with van der Waals surface area (Å²) in [4.78, 5) is 48.0. The molecule has 3 aliphatic heterocycles. The van der Waals surface area contributed by atoms with Gasteiger partial charge in [0.25, 0.3) is 0 Å². The van der Waals surface area contributed by atoms with Crippen LogP contribution >= 0.6 is 11.6 Å². The lowest BCUT2D eigenvalue weighted by Crippen LogP contribution is -2.73. The van der Waals surface area contributed by atoms with Gasteiger partial charge in [0, 0.05) is 36.0 Å². The number of pyridine rings is 1. The predicted molar refractivity (Wildman–Crippen MR) is 152 cm³/mol. The van der Waals surface area contributed by atoms with Crippen molar-refractivity contribution in [3.63, 3.8) is 0 Å². The van der Waals surface area contributed by atoms with Crippen molar-refractivity contribution in [2.24, 2.45) is 11.3 Å². The minimum absolute atomic E-state index is 0.0758. The van der Waals surface area contributed by atoms with Gasteiger partial charge in [-0.15, -0.1) is 0 Å². The Morgan fingerprint density at radius 1 is 1.15 bits per heavy atom. The molecule has 0 saturated carbocycles. The largest absolute Gasteiger partial charge is 0.467 e. The maximum Gasteiger partial charge on any atom is 0.328 e. The van der Waals surface area contributed by atoms with Gasteiger partial charge in [0.05, 0.1) is 29.3 Å². The highest BCUT2D eigenvalue weighted by Gasteiger charge is 2.66. The summed E-state index contributed by atoms with van der Waals surface area (Å²) in [5, 5.41) is 2.73. The van der Waals surface area contributed by atoms with Crippen LogP contribution in [0.2, 0.25) is 5.02 Å². The van der Waals surface area contributed by atoms with Crippen LogP contribution in [0.1, 0.15) is 37.9 Å². The van der Waals surface area contributed by atoms with Gasteiger partial charge in [-0.25, -0.2) is 14.0 Å². The van der Waals surface area contributed by atoms with E-state index in [0.29, 0.717) is 37.2 Å². The molecule has 6 rings (SSSR count). The number of carbonyl (C=O) groups excluding carboxylic acids is 3. The zero-order valence-electron chi connectivity index (χ0n) is 22.7. The fourth-order valence-corrected chi connectivity index (χ4v) is 7.08. The first-order valence-corrected chi connectivity index (χ1v) is 14.1. The van der Waals surface area contributed by atoms with E-state index in [0.717, 1.165) is 11.1 Å². The number of aromatic nitrogens is 1. The molecule has 0 aliphatic carbocycles. The molecule has 2 aromatic carbocycles. The average molecular weight is 577 g/mol. The SMILES string of the molecule is CCC1C2CC3(CCN2C(=O)N[C@@H]1C(=O)OC)C(=O)N(c1ccc(F)c(Cl)c1)C3c1ccc(-c2ccccc2)cn1. The Bertz CT molecular complexity index is 1500. The summed E-state index contributed by atoms with van der Waals surface area (Å²) >= 11 is 6.13. The van der Waals surface area contributed by atoms with Gasteiger partial charge in [0.1, 0.15) is 11.9 Å². The number of β-lactam (4-membered cyclic amide) rings is 1. The Kier molecular flexibility index (Phi) is 6.93. The van der Waals surface area contributed by atoms with Crippen LogP contribution in [0.4, 0.5) is 14.9 Å². The van der Waals surface area contributed by atoms with Crippen molar-refractivity contribution in [2.45, 2.75) is 44.3 Å². The molecule has 3 aromatic rings. The fourth-order valence-electron chi connectivity index (χ4n) is 6.90. The van der Waals surface area contributed by atoms with Crippen LogP contribution in [0.25, 0.3) is 11.1 Å². The van der Waals surface area contributed by atoms with Crippen LogP contribution in [0.15, 0.2) is 66.9 Å². The van der Waals surface area contributed by atoms with Gasteiger partial charge in [-0.05, 0) is 49.1 Å². The molecule has 1 N–H and O–H groups in total. The molecule has 3 amide bonds. The number of rotatable bonds is 5. The summed E-state index contributed by atoms with van der Waals surface area (Å²) in [7, 11) is 1.30. The number of carbonyl (C=O) groups is 3. The molecular formula is C31H30ClFN4O4. The molecule has 10 heteroatoms. The number of nitrogens with one attached hydrogen (secondary N) is 1. The van der Waals surface area contributed by atoms with Crippen molar-refractivity contribution in [2.75, 3.05) is 18.6 Å². The summed E-state index contributed by atoms with van der Waals surface area (Å²) in [5.41, 5.74) is 2.27. The summed E-state index contributed by atoms with van der Waals surface area (Å²) < 4.78 is 19.1. The number of piperidine rings is 1. The van der Waals surface area contributed by atoms with Gasteiger partial charge in [-0.3, -0.25) is 9.78 Å². The van der Waals surface area contributed by atoms with Gasteiger partial charge in [-0.2, -0.15) is 0 Å². The van der Waals surface area contributed by atoms with Crippen LogP contribution < -0.4 is 10.2 Å². The van der Waals surface area contributed by atoms with E-state index in [1.54, 1.807) is 22.1 Å². The Morgan fingerprint density at radius 3 is 2.59 bits per heavy atom. The predicted octanol–water partition coefficient (Wildman–Crippen LogP) is 5.37. The molecule has 0 radical (unpaired) electrons. The number of fused-ring (bicyclic) bond motifs is 1. The number of benzene rings is 2. The Morgan fingerprint density at radius 2 is 1.93 bits per heavy atom. The number of nitrogens with zero attached hydrogens (tertiary/aromatic N) is 3. The molecule has 41 heavy (non-hydrogen) atoms. The highest BCUT2D eigenvalue weighted by atomic mass is 35.5. The Hall–Kier alpha value is -3.98. The van der Waals surface area contributed by atoms with Crippen LogP contribution in [-0.2, 0) is 14.3 Å². The molecule has 4 unspecified atom stereocenters. The van der Waals surface area contributed by atoms with Crippen LogP contribution in [0, 0.1) is 17.2 Å². The second-order valence-electron chi connectivity index (χ2n) is 10.9. The third kappa shape index (κ3) is 4.34. The van der Waals surface area contributed by atoms with E-state index in [9.17, 15) is 18.8 Å². The normalized spacial score (nSPS) is 27.2. The number of halogens is 2. The Balaban J connectivity index is 1.41. The molecule has 4 heterocycles. The minimum Gasteiger partial charge on any atom is -0.467 e.